The third kappa shape index (κ3) is 4.21. The second-order valence-electron chi connectivity index (χ2n) is 5.96. The van der Waals surface area contributed by atoms with Gasteiger partial charge in [-0.05, 0) is 62.8 Å². The van der Waals surface area contributed by atoms with E-state index in [-0.39, 0.29) is 17.9 Å². The molecule has 1 amide bonds. The molecule has 1 saturated carbocycles. The van der Waals surface area contributed by atoms with Crippen LogP contribution in [0.25, 0.3) is 0 Å². The van der Waals surface area contributed by atoms with Gasteiger partial charge in [-0.15, -0.1) is 0 Å². The highest BCUT2D eigenvalue weighted by Gasteiger charge is 2.26. The van der Waals surface area contributed by atoms with E-state index in [1.807, 2.05) is 31.2 Å². The van der Waals surface area contributed by atoms with Gasteiger partial charge >= 0.3 is 0 Å². The summed E-state index contributed by atoms with van der Waals surface area (Å²) in [5.74, 6) is 1.73. The zero-order valence-corrected chi connectivity index (χ0v) is 13.0. The lowest BCUT2D eigenvalue weighted by atomic mass is 9.81. The number of carbonyl (C=O) groups is 1. The van der Waals surface area contributed by atoms with Gasteiger partial charge in [0.1, 0.15) is 5.75 Å². The molecule has 0 aromatic heterocycles. The number of nitrogens with one attached hydrogen (secondary N) is 1. The van der Waals surface area contributed by atoms with Gasteiger partial charge in [-0.1, -0.05) is 12.1 Å². The Labute approximate surface area is 127 Å². The minimum absolute atomic E-state index is 0.000156. The maximum Gasteiger partial charge on any atom is 0.223 e. The molecule has 0 radical (unpaired) electrons. The molecule has 0 spiro atoms. The Morgan fingerprint density at radius 3 is 2.71 bits per heavy atom. The van der Waals surface area contributed by atoms with Gasteiger partial charge in [0, 0.05) is 5.92 Å². The van der Waals surface area contributed by atoms with Crippen molar-refractivity contribution in [2.24, 2.45) is 17.6 Å². The highest BCUT2D eigenvalue weighted by atomic mass is 16.5. The van der Waals surface area contributed by atoms with E-state index >= 15 is 0 Å². The molecule has 1 aliphatic carbocycles. The minimum atomic E-state index is -0.000156. The van der Waals surface area contributed by atoms with Crippen molar-refractivity contribution < 1.29 is 9.53 Å². The van der Waals surface area contributed by atoms with Crippen molar-refractivity contribution in [2.45, 2.75) is 38.6 Å². The standard InChI is InChI=1S/C17H26N2O2/c1-12(15-4-3-5-16(10-15)21-2)19-17(20)14-8-6-13(11-18)7-9-14/h3-5,10,12-14H,6-9,11,18H2,1-2H3,(H,19,20)/t12-,13?,14?/m0/s1. The predicted molar refractivity (Wildman–Crippen MR) is 84.1 cm³/mol. The Bertz CT molecular complexity index is 468. The molecule has 1 fully saturated rings. The van der Waals surface area contributed by atoms with Gasteiger partial charge in [-0.25, -0.2) is 0 Å². The van der Waals surface area contributed by atoms with Crippen molar-refractivity contribution in [3.63, 3.8) is 0 Å². The Hall–Kier alpha value is -1.55. The SMILES string of the molecule is COc1cccc([C@H](C)NC(=O)C2CCC(CN)CC2)c1. The van der Waals surface area contributed by atoms with Gasteiger partial charge in [0.05, 0.1) is 13.2 Å². The summed E-state index contributed by atoms with van der Waals surface area (Å²) >= 11 is 0. The Balaban J connectivity index is 1.90. The molecule has 4 heteroatoms. The van der Waals surface area contributed by atoms with E-state index < -0.39 is 0 Å². The van der Waals surface area contributed by atoms with Crippen molar-refractivity contribution in [1.29, 1.82) is 0 Å². The maximum atomic E-state index is 12.4. The maximum absolute atomic E-state index is 12.4. The number of hydrogen-bond donors (Lipinski definition) is 2. The molecular formula is C17H26N2O2. The number of hydrogen-bond acceptors (Lipinski definition) is 3. The zero-order chi connectivity index (χ0) is 15.2. The molecule has 1 atom stereocenters. The van der Waals surface area contributed by atoms with E-state index in [9.17, 15) is 4.79 Å². The fourth-order valence-corrected chi connectivity index (χ4v) is 2.99. The fourth-order valence-electron chi connectivity index (χ4n) is 2.99. The van der Waals surface area contributed by atoms with Crippen LogP contribution in [0.2, 0.25) is 0 Å². The molecule has 0 aliphatic heterocycles. The van der Waals surface area contributed by atoms with E-state index in [1.54, 1.807) is 7.11 Å². The van der Waals surface area contributed by atoms with Crippen molar-refractivity contribution in [2.75, 3.05) is 13.7 Å². The first-order valence-electron chi connectivity index (χ1n) is 7.78. The number of nitrogens with two attached hydrogens (primary N) is 1. The van der Waals surface area contributed by atoms with Crippen LogP contribution in [0.3, 0.4) is 0 Å². The number of methoxy groups -OCH3 is 1. The normalized spacial score (nSPS) is 23.4. The molecule has 21 heavy (non-hydrogen) atoms. The lowest BCUT2D eigenvalue weighted by Gasteiger charge is -2.28. The van der Waals surface area contributed by atoms with Gasteiger partial charge < -0.3 is 15.8 Å². The predicted octanol–water partition coefficient (Wildman–Crippen LogP) is 2.64. The van der Waals surface area contributed by atoms with E-state index in [0.717, 1.165) is 43.5 Å². The largest absolute Gasteiger partial charge is 0.497 e. The molecule has 4 nitrogen and oxygen atoms in total. The average molecular weight is 290 g/mol. The van der Waals surface area contributed by atoms with Crippen LogP contribution in [0, 0.1) is 11.8 Å². The second kappa shape index (κ2) is 7.46. The number of rotatable bonds is 5. The Morgan fingerprint density at radius 1 is 1.38 bits per heavy atom. The lowest BCUT2D eigenvalue weighted by molar-refractivity contribution is -0.126. The number of amides is 1. The smallest absolute Gasteiger partial charge is 0.223 e. The third-order valence-corrected chi connectivity index (χ3v) is 4.50. The van der Waals surface area contributed by atoms with Crippen LogP contribution in [-0.2, 0) is 4.79 Å². The molecule has 1 aromatic rings. The third-order valence-electron chi connectivity index (χ3n) is 4.50. The molecule has 116 valence electrons. The van der Waals surface area contributed by atoms with E-state index in [4.69, 9.17) is 10.5 Å². The van der Waals surface area contributed by atoms with E-state index in [2.05, 4.69) is 5.32 Å². The van der Waals surface area contributed by atoms with Gasteiger partial charge in [0.25, 0.3) is 0 Å². The first kappa shape index (κ1) is 15.8. The lowest BCUT2D eigenvalue weighted by Crippen LogP contribution is -2.35. The molecule has 0 bridgehead atoms. The summed E-state index contributed by atoms with van der Waals surface area (Å²) in [7, 11) is 1.65. The zero-order valence-electron chi connectivity index (χ0n) is 13.0. The van der Waals surface area contributed by atoms with Gasteiger partial charge in [0.15, 0.2) is 0 Å². The summed E-state index contributed by atoms with van der Waals surface area (Å²) in [4.78, 5) is 12.4. The van der Waals surface area contributed by atoms with Gasteiger partial charge in [0.2, 0.25) is 5.91 Å². The van der Waals surface area contributed by atoms with Crippen LogP contribution >= 0.6 is 0 Å². The Morgan fingerprint density at radius 2 is 2.10 bits per heavy atom. The van der Waals surface area contributed by atoms with Crippen LogP contribution in [0.4, 0.5) is 0 Å². The molecule has 0 saturated heterocycles. The summed E-state index contributed by atoms with van der Waals surface area (Å²) < 4.78 is 5.23. The summed E-state index contributed by atoms with van der Waals surface area (Å²) in [6.45, 7) is 2.76. The second-order valence-corrected chi connectivity index (χ2v) is 5.96. The van der Waals surface area contributed by atoms with Crippen molar-refractivity contribution in [3.05, 3.63) is 29.8 Å². The monoisotopic (exact) mass is 290 g/mol. The fraction of sp³-hybridized carbons (Fsp3) is 0.588. The molecular weight excluding hydrogens is 264 g/mol. The number of benzene rings is 1. The number of ether oxygens (including phenoxy) is 1. The molecule has 0 heterocycles. The average Bonchev–Trinajstić information content (AvgIpc) is 2.54. The first-order valence-corrected chi connectivity index (χ1v) is 7.78. The van der Waals surface area contributed by atoms with Gasteiger partial charge in [-0.2, -0.15) is 0 Å². The first-order chi connectivity index (χ1) is 10.1. The van der Waals surface area contributed by atoms with Gasteiger partial charge in [-0.3, -0.25) is 4.79 Å². The molecule has 3 N–H and O–H groups in total. The van der Waals surface area contributed by atoms with Crippen LogP contribution < -0.4 is 15.8 Å². The van der Waals surface area contributed by atoms with E-state index in [1.165, 1.54) is 0 Å². The summed E-state index contributed by atoms with van der Waals surface area (Å²) in [6, 6.07) is 7.84. The van der Waals surface area contributed by atoms with Crippen LogP contribution in [0.5, 0.6) is 5.75 Å². The topological polar surface area (TPSA) is 64.3 Å². The number of carbonyl (C=O) groups excluding carboxylic acids is 1. The molecule has 0 unspecified atom stereocenters. The Kier molecular flexibility index (Phi) is 5.62. The van der Waals surface area contributed by atoms with Crippen molar-refractivity contribution in [3.8, 4) is 5.75 Å². The van der Waals surface area contributed by atoms with Crippen molar-refractivity contribution >= 4 is 5.91 Å². The quantitative estimate of drug-likeness (QED) is 0.876. The minimum Gasteiger partial charge on any atom is -0.497 e. The van der Waals surface area contributed by atoms with Crippen LogP contribution in [0.15, 0.2) is 24.3 Å². The summed E-state index contributed by atoms with van der Waals surface area (Å²) in [6.07, 6.45) is 4.06. The summed E-state index contributed by atoms with van der Waals surface area (Å²) in [5.41, 5.74) is 6.76. The van der Waals surface area contributed by atoms with Crippen LogP contribution in [0.1, 0.15) is 44.2 Å². The van der Waals surface area contributed by atoms with Crippen LogP contribution in [-0.4, -0.2) is 19.6 Å². The highest BCUT2D eigenvalue weighted by Crippen LogP contribution is 2.29. The van der Waals surface area contributed by atoms with Crippen molar-refractivity contribution in [1.82, 2.24) is 5.32 Å². The summed E-state index contributed by atoms with van der Waals surface area (Å²) in [5, 5.41) is 3.12. The molecule has 2 rings (SSSR count). The van der Waals surface area contributed by atoms with E-state index in [0.29, 0.717) is 5.92 Å². The molecule has 1 aromatic carbocycles. The molecule has 1 aliphatic rings. The highest BCUT2D eigenvalue weighted by molar-refractivity contribution is 5.79.